The SMILES string of the molecule is COCc1cc(Cl)nc(Nc2ncn(-c3cccc(C(F)(F)F)c3)n2)c1. The third-order valence-electron chi connectivity index (χ3n) is 3.33. The average Bonchev–Trinajstić information content (AvgIpc) is 3.02. The van der Waals surface area contributed by atoms with Gasteiger partial charge in [-0.2, -0.15) is 18.2 Å². The van der Waals surface area contributed by atoms with Crippen molar-refractivity contribution < 1.29 is 17.9 Å². The summed E-state index contributed by atoms with van der Waals surface area (Å²) in [5, 5.41) is 7.24. The van der Waals surface area contributed by atoms with Gasteiger partial charge in [0.25, 0.3) is 0 Å². The van der Waals surface area contributed by atoms with Crippen LogP contribution in [-0.2, 0) is 17.5 Å². The van der Waals surface area contributed by atoms with Crippen LogP contribution in [0.2, 0.25) is 5.15 Å². The third-order valence-corrected chi connectivity index (χ3v) is 3.53. The number of alkyl halides is 3. The highest BCUT2D eigenvalue weighted by molar-refractivity contribution is 6.29. The first kappa shape index (κ1) is 18.2. The van der Waals surface area contributed by atoms with Crippen molar-refractivity contribution in [3.8, 4) is 5.69 Å². The van der Waals surface area contributed by atoms with Crippen molar-refractivity contribution in [2.45, 2.75) is 12.8 Å². The molecule has 0 fully saturated rings. The number of nitrogens with one attached hydrogen (secondary N) is 1. The highest BCUT2D eigenvalue weighted by atomic mass is 35.5. The predicted octanol–water partition coefficient (Wildman–Crippen LogP) is 4.22. The second-order valence-electron chi connectivity index (χ2n) is 5.30. The van der Waals surface area contributed by atoms with E-state index in [0.29, 0.717) is 12.4 Å². The molecular formula is C16H13ClF3N5O. The molecule has 0 aliphatic rings. The van der Waals surface area contributed by atoms with E-state index >= 15 is 0 Å². The quantitative estimate of drug-likeness (QED) is 0.668. The van der Waals surface area contributed by atoms with Crippen molar-refractivity contribution in [1.82, 2.24) is 19.7 Å². The summed E-state index contributed by atoms with van der Waals surface area (Å²) in [5.74, 6) is 0.562. The van der Waals surface area contributed by atoms with Gasteiger partial charge in [-0.3, -0.25) is 0 Å². The number of pyridine rings is 1. The van der Waals surface area contributed by atoms with E-state index in [2.05, 4.69) is 20.4 Å². The van der Waals surface area contributed by atoms with Gasteiger partial charge in [-0.05, 0) is 35.9 Å². The number of benzene rings is 1. The van der Waals surface area contributed by atoms with Crippen molar-refractivity contribution in [2.24, 2.45) is 0 Å². The molecule has 0 amide bonds. The molecule has 0 unspecified atom stereocenters. The Morgan fingerprint density at radius 2 is 2.04 bits per heavy atom. The third kappa shape index (κ3) is 4.30. The lowest BCUT2D eigenvalue weighted by Crippen LogP contribution is -2.06. The Morgan fingerprint density at radius 3 is 2.77 bits per heavy atom. The average molecular weight is 384 g/mol. The van der Waals surface area contributed by atoms with E-state index < -0.39 is 11.7 Å². The lowest BCUT2D eigenvalue weighted by Gasteiger charge is -2.08. The Labute approximate surface area is 151 Å². The minimum Gasteiger partial charge on any atom is -0.380 e. The fraction of sp³-hybridized carbons (Fsp3) is 0.188. The molecule has 1 N–H and O–H groups in total. The van der Waals surface area contributed by atoms with E-state index in [9.17, 15) is 13.2 Å². The maximum Gasteiger partial charge on any atom is 0.416 e. The van der Waals surface area contributed by atoms with E-state index in [0.717, 1.165) is 17.7 Å². The molecule has 0 saturated heterocycles. The van der Waals surface area contributed by atoms with Crippen LogP contribution in [0, 0.1) is 0 Å². The number of halogens is 4. The highest BCUT2D eigenvalue weighted by Gasteiger charge is 2.30. The molecule has 0 aliphatic heterocycles. The first-order valence-corrected chi connectivity index (χ1v) is 7.74. The lowest BCUT2D eigenvalue weighted by atomic mass is 10.2. The van der Waals surface area contributed by atoms with Gasteiger partial charge in [0.05, 0.1) is 17.9 Å². The summed E-state index contributed by atoms with van der Waals surface area (Å²) < 4.78 is 44.8. The largest absolute Gasteiger partial charge is 0.416 e. The Balaban J connectivity index is 1.83. The topological polar surface area (TPSA) is 64.9 Å². The van der Waals surface area contributed by atoms with Gasteiger partial charge in [0.2, 0.25) is 5.95 Å². The number of methoxy groups -OCH3 is 1. The van der Waals surface area contributed by atoms with Crippen LogP contribution in [-0.4, -0.2) is 26.9 Å². The van der Waals surface area contributed by atoms with Crippen molar-refractivity contribution >= 4 is 23.4 Å². The van der Waals surface area contributed by atoms with Crippen LogP contribution in [0.25, 0.3) is 5.69 Å². The van der Waals surface area contributed by atoms with Crippen LogP contribution >= 0.6 is 11.6 Å². The van der Waals surface area contributed by atoms with Crippen LogP contribution in [0.3, 0.4) is 0 Å². The molecule has 3 aromatic rings. The fourth-order valence-electron chi connectivity index (χ4n) is 2.25. The second-order valence-corrected chi connectivity index (χ2v) is 5.69. The Kier molecular flexibility index (Phi) is 5.10. The summed E-state index contributed by atoms with van der Waals surface area (Å²) >= 11 is 5.95. The number of nitrogens with zero attached hydrogens (tertiary/aromatic N) is 4. The predicted molar refractivity (Wildman–Crippen MR) is 89.6 cm³/mol. The number of rotatable bonds is 5. The van der Waals surface area contributed by atoms with Crippen molar-refractivity contribution in [3.63, 3.8) is 0 Å². The molecule has 0 atom stereocenters. The van der Waals surface area contributed by atoms with E-state index in [1.165, 1.54) is 23.1 Å². The highest BCUT2D eigenvalue weighted by Crippen LogP contribution is 2.30. The molecule has 0 bridgehead atoms. The smallest absolute Gasteiger partial charge is 0.380 e. The monoisotopic (exact) mass is 383 g/mol. The number of hydrogen-bond donors (Lipinski definition) is 1. The zero-order valence-electron chi connectivity index (χ0n) is 13.5. The molecule has 10 heteroatoms. The molecule has 0 spiro atoms. The minimum absolute atomic E-state index is 0.167. The summed E-state index contributed by atoms with van der Waals surface area (Å²) in [5.41, 5.74) is 0.271. The van der Waals surface area contributed by atoms with E-state index in [4.69, 9.17) is 16.3 Å². The lowest BCUT2D eigenvalue weighted by molar-refractivity contribution is -0.137. The minimum atomic E-state index is -4.43. The molecule has 26 heavy (non-hydrogen) atoms. The van der Waals surface area contributed by atoms with Gasteiger partial charge in [0.15, 0.2) is 0 Å². The molecule has 2 aromatic heterocycles. The molecule has 0 aliphatic carbocycles. The van der Waals surface area contributed by atoms with Crippen molar-refractivity contribution in [2.75, 3.05) is 12.4 Å². The summed E-state index contributed by atoms with van der Waals surface area (Å²) in [6.45, 7) is 0.350. The van der Waals surface area contributed by atoms with E-state index in [1.807, 2.05) is 0 Å². The Bertz CT molecular complexity index is 913. The fourth-order valence-corrected chi connectivity index (χ4v) is 2.48. The van der Waals surface area contributed by atoms with Gasteiger partial charge in [-0.25, -0.2) is 9.67 Å². The van der Waals surface area contributed by atoms with Crippen molar-refractivity contribution in [3.05, 3.63) is 59.0 Å². The molecule has 136 valence electrons. The van der Waals surface area contributed by atoms with Gasteiger partial charge in [0, 0.05) is 7.11 Å². The maximum atomic E-state index is 12.8. The summed E-state index contributed by atoms with van der Waals surface area (Å²) in [4.78, 5) is 8.13. The van der Waals surface area contributed by atoms with E-state index in [-0.39, 0.29) is 16.8 Å². The van der Waals surface area contributed by atoms with Crippen LogP contribution in [0.4, 0.5) is 24.9 Å². The summed E-state index contributed by atoms with van der Waals surface area (Å²) in [6, 6.07) is 8.16. The normalized spacial score (nSPS) is 11.6. The summed E-state index contributed by atoms with van der Waals surface area (Å²) in [6.07, 6.45) is -3.13. The standard InChI is InChI=1S/C16H13ClF3N5O/c1-26-8-10-5-13(17)22-14(6-10)23-15-21-9-25(24-15)12-4-2-3-11(7-12)16(18,19)20/h2-7,9H,8H2,1H3,(H,22,23,24). The molecule has 1 aromatic carbocycles. The number of ether oxygens (including phenoxy) is 1. The van der Waals surface area contributed by atoms with Gasteiger partial charge >= 0.3 is 6.18 Å². The Hall–Kier alpha value is -2.65. The zero-order chi connectivity index (χ0) is 18.7. The van der Waals surface area contributed by atoms with Crippen LogP contribution in [0.5, 0.6) is 0 Å². The van der Waals surface area contributed by atoms with Gasteiger partial charge in [-0.1, -0.05) is 17.7 Å². The van der Waals surface area contributed by atoms with Gasteiger partial charge < -0.3 is 10.1 Å². The van der Waals surface area contributed by atoms with Crippen molar-refractivity contribution in [1.29, 1.82) is 0 Å². The molecule has 0 saturated carbocycles. The first-order chi connectivity index (χ1) is 12.3. The summed E-state index contributed by atoms with van der Waals surface area (Å²) in [7, 11) is 1.56. The molecular weight excluding hydrogens is 371 g/mol. The molecule has 6 nitrogen and oxygen atoms in total. The second kappa shape index (κ2) is 7.30. The number of aromatic nitrogens is 4. The molecule has 3 rings (SSSR count). The Morgan fingerprint density at radius 1 is 1.23 bits per heavy atom. The molecule has 0 radical (unpaired) electrons. The van der Waals surface area contributed by atoms with Gasteiger partial charge in [-0.15, -0.1) is 5.10 Å². The first-order valence-electron chi connectivity index (χ1n) is 7.37. The molecule has 2 heterocycles. The van der Waals surface area contributed by atoms with E-state index in [1.54, 1.807) is 19.2 Å². The van der Waals surface area contributed by atoms with Crippen LogP contribution in [0.15, 0.2) is 42.7 Å². The van der Waals surface area contributed by atoms with Crippen LogP contribution < -0.4 is 5.32 Å². The van der Waals surface area contributed by atoms with Crippen LogP contribution in [0.1, 0.15) is 11.1 Å². The maximum absolute atomic E-state index is 12.8. The zero-order valence-corrected chi connectivity index (χ0v) is 14.2. The van der Waals surface area contributed by atoms with Gasteiger partial charge in [0.1, 0.15) is 17.3 Å². The number of anilines is 2. The number of hydrogen-bond acceptors (Lipinski definition) is 5.